The number of aromatic nitrogens is 1. The molecule has 2 saturated carbocycles. The Balaban J connectivity index is 1.36. The van der Waals surface area contributed by atoms with E-state index in [4.69, 9.17) is 9.47 Å². The van der Waals surface area contributed by atoms with Gasteiger partial charge in [0.25, 0.3) is 0 Å². The lowest BCUT2D eigenvalue weighted by Crippen LogP contribution is -2.62. The van der Waals surface area contributed by atoms with E-state index in [2.05, 4.69) is 77.8 Å². The predicted octanol–water partition coefficient (Wildman–Crippen LogP) is 7.72. The van der Waals surface area contributed by atoms with Gasteiger partial charge in [0.05, 0.1) is 48.0 Å². The Bertz CT molecular complexity index is 1930. The maximum absolute atomic E-state index is 14.8. The Morgan fingerprint density at radius 1 is 1.12 bits per heavy atom. The van der Waals surface area contributed by atoms with Crippen molar-refractivity contribution in [3.8, 4) is 0 Å². The van der Waals surface area contributed by atoms with Crippen molar-refractivity contribution in [2.75, 3.05) is 7.11 Å². The van der Waals surface area contributed by atoms with Crippen LogP contribution in [0.4, 0.5) is 0 Å². The van der Waals surface area contributed by atoms with Crippen molar-refractivity contribution in [1.82, 2.24) is 4.57 Å². The van der Waals surface area contributed by atoms with Crippen LogP contribution in [0, 0.1) is 28.6 Å². The van der Waals surface area contributed by atoms with Gasteiger partial charge in [0.15, 0.2) is 5.78 Å². The normalized spacial score (nSPS) is 39.3. The monoisotopic (exact) mass is 667 g/mol. The number of ketones is 1. The number of fused-ring (bicyclic) bond motifs is 11. The molecule has 1 aromatic heterocycles. The SMILES string of the molecule is C=C(C)[C@H]1C(=O)c2c3c(cc4c5c(n1c24)[C@@]1(C)C(CC[C@H]2[C@](C)(/C=C/CC(=O)OC)[C@@H](O)CC[C@@]21C)C5)C1=CC(C)(C)OC(C)(C)C1[C@@H]3O. The largest absolute Gasteiger partial charge is 0.469 e. The molecule has 49 heavy (non-hydrogen) atoms. The summed E-state index contributed by atoms with van der Waals surface area (Å²) in [4.78, 5) is 26.9. The number of nitrogens with zero attached hydrogens (tertiary/aromatic N) is 1. The summed E-state index contributed by atoms with van der Waals surface area (Å²) in [5.74, 6) is 0.0322. The van der Waals surface area contributed by atoms with Crippen LogP contribution in [-0.2, 0) is 26.1 Å². The Labute approximate surface area is 290 Å². The molecule has 2 N–H and O–H groups in total. The van der Waals surface area contributed by atoms with E-state index in [9.17, 15) is 19.8 Å². The van der Waals surface area contributed by atoms with Crippen molar-refractivity contribution in [3.05, 3.63) is 64.4 Å². The van der Waals surface area contributed by atoms with E-state index in [0.717, 1.165) is 58.9 Å². The molecule has 4 aliphatic carbocycles. The fraction of sp³-hybridized carbons (Fsp3) is 0.619. The lowest BCUT2D eigenvalue weighted by atomic mass is 9.40. The summed E-state index contributed by atoms with van der Waals surface area (Å²) < 4.78 is 13.8. The number of esters is 1. The predicted molar refractivity (Wildman–Crippen MR) is 190 cm³/mol. The van der Waals surface area contributed by atoms with Gasteiger partial charge in [-0.15, -0.1) is 0 Å². The van der Waals surface area contributed by atoms with E-state index in [1.807, 2.05) is 13.0 Å². The Morgan fingerprint density at radius 3 is 2.51 bits per heavy atom. The minimum Gasteiger partial charge on any atom is -0.469 e. The molecule has 7 heteroatoms. The summed E-state index contributed by atoms with van der Waals surface area (Å²) >= 11 is 0. The summed E-state index contributed by atoms with van der Waals surface area (Å²) in [5.41, 5.74) is 5.75. The highest BCUT2D eigenvalue weighted by Gasteiger charge is 2.67. The summed E-state index contributed by atoms with van der Waals surface area (Å²) in [6.07, 6.45) is 9.45. The number of carbonyl (C=O) groups excluding carboxylic acids is 2. The molecule has 0 saturated heterocycles. The second-order valence-electron chi connectivity index (χ2n) is 18.0. The number of Topliss-reactive ketones (excluding diaryl/α,β-unsaturated/α-hetero) is 1. The van der Waals surface area contributed by atoms with Crippen molar-refractivity contribution >= 4 is 28.2 Å². The van der Waals surface area contributed by atoms with Gasteiger partial charge in [-0.05, 0) is 113 Å². The number of aliphatic hydroxyl groups excluding tert-OH is 2. The number of hydrogen-bond acceptors (Lipinski definition) is 6. The van der Waals surface area contributed by atoms with Crippen molar-refractivity contribution < 1.29 is 29.3 Å². The standard InChI is InChI=1S/C42H53NO6/c1-21(2)33-36(47)31-30-23(26-20-38(3,4)49-39(5,6)32(26)35(30)46)19-24-25-18-22-13-14-27-40(7,16-11-12-29(45)48-10)28(44)15-17-41(27,8)42(22,9)37(25)43(33)34(24)31/h11,16,19-20,22,27-28,32-33,35,44,46H,1,12-15,17-18H2,2-10H3/b16-11+/t22?,27-,28-,32?,33-,35+,40-,41-,42+/m0/s1. The topological polar surface area (TPSA) is 98.0 Å². The maximum atomic E-state index is 14.8. The zero-order valence-corrected chi connectivity index (χ0v) is 30.7. The highest BCUT2D eigenvalue weighted by atomic mass is 16.5. The van der Waals surface area contributed by atoms with Gasteiger partial charge in [0, 0.05) is 33.4 Å². The van der Waals surface area contributed by atoms with Crippen molar-refractivity contribution in [2.24, 2.45) is 28.6 Å². The van der Waals surface area contributed by atoms with Crippen molar-refractivity contribution in [1.29, 1.82) is 0 Å². The first-order valence-electron chi connectivity index (χ1n) is 18.3. The van der Waals surface area contributed by atoms with E-state index >= 15 is 0 Å². The first kappa shape index (κ1) is 33.2. The molecule has 0 spiro atoms. The summed E-state index contributed by atoms with van der Waals surface area (Å²) in [5, 5.41) is 24.9. The van der Waals surface area contributed by atoms with E-state index in [0.29, 0.717) is 17.9 Å². The molecule has 8 rings (SSSR count). The lowest BCUT2D eigenvalue weighted by molar-refractivity contribution is -0.145. The fourth-order valence-corrected chi connectivity index (χ4v) is 12.6. The van der Waals surface area contributed by atoms with Crippen LogP contribution in [0.1, 0.15) is 132 Å². The van der Waals surface area contributed by atoms with Gasteiger partial charge in [0.2, 0.25) is 0 Å². The molecular weight excluding hydrogens is 614 g/mol. The molecule has 2 fully saturated rings. The zero-order valence-electron chi connectivity index (χ0n) is 30.7. The second-order valence-corrected chi connectivity index (χ2v) is 18.0. The number of hydrogen-bond donors (Lipinski definition) is 2. The molecule has 1 aromatic carbocycles. The van der Waals surface area contributed by atoms with Gasteiger partial charge < -0.3 is 24.3 Å². The molecule has 7 nitrogen and oxygen atoms in total. The van der Waals surface area contributed by atoms with Gasteiger partial charge in [-0.1, -0.05) is 45.1 Å². The number of aliphatic hydroxyl groups is 2. The second kappa shape index (κ2) is 10.1. The number of benzene rings is 1. The summed E-state index contributed by atoms with van der Waals surface area (Å²) in [6.45, 7) is 21.6. The Kier molecular flexibility index (Phi) is 6.82. The van der Waals surface area contributed by atoms with Gasteiger partial charge in [-0.25, -0.2) is 0 Å². The number of rotatable bonds is 4. The van der Waals surface area contributed by atoms with E-state index in [1.54, 1.807) is 0 Å². The third-order valence-corrected chi connectivity index (χ3v) is 14.6. The quantitative estimate of drug-likeness (QED) is 0.256. The Morgan fingerprint density at radius 2 is 1.84 bits per heavy atom. The molecule has 0 bridgehead atoms. The average Bonchev–Trinajstić information content (AvgIpc) is 3.67. The van der Waals surface area contributed by atoms with Crippen LogP contribution in [0.5, 0.6) is 0 Å². The fourth-order valence-electron chi connectivity index (χ4n) is 12.6. The van der Waals surface area contributed by atoms with Crippen LogP contribution in [0.15, 0.2) is 36.4 Å². The summed E-state index contributed by atoms with van der Waals surface area (Å²) in [7, 11) is 1.40. The third kappa shape index (κ3) is 3.96. The van der Waals surface area contributed by atoms with Crippen LogP contribution >= 0.6 is 0 Å². The molecule has 3 heterocycles. The molecule has 9 atom stereocenters. The molecule has 2 aromatic rings. The van der Waals surface area contributed by atoms with Crippen LogP contribution in [-0.4, -0.2) is 50.9 Å². The molecule has 262 valence electrons. The molecule has 6 aliphatic rings. The minimum absolute atomic E-state index is 0.0302. The molecule has 0 radical (unpaired) electrons. The third-order valence-electron chi connectivity index (χ3n) is 14.6. The van der Waals surface area contributed by atoms with Gasteiger partial charge in [-0.3, -0.25) is 9.59 Å². The first-order valence-corrected chi connectivity index (χ1v) is 18.3. The number of methoxy groups -OCH3 is 1. The van der Waals surface area contributed by atoms with Gasteiger partial charge in [0.1, 0.15) is 6.04 Å². The van der Waals surface area contributed by atoms with Crippen LogP contribution in [0.25, 0.3) is 16.5 Å². The molecule has 2 aliphatic heterocycles. The maximum Gasteiger partial charge on any atom is 0.309 e. The molecule has 0 amide bonds. The number of ether oxygens (including phenoxy) is 2. The molecular formula is C42H53NO6. The van der Waals surface area contributed by atoms with E-state index < -0.39 is 34.9 Å². The number of carbonyl (C=O) groups is 2. The molecule has 2 unspecified atom stereocenters. The van der Waals surface area contributed by atoms with Gasteiger partial charge in [-0.2, -0.15) is 0 Å². The highest BCUT2D eigenvalue weighted by molar-refractivity contribution is 6.18. The highest BCUT2D eigenvalue weighted by Crippen LogP contribution is 2.71. The van der Waals surface area contributed by atoms with Crippen molar-refractivity contribution in [3.63, 3.8) is 0 Å². The van der Waals surface area contributed by atoms with Crippen LogP contribution in [0.3, 0.4) is 0 Å². The smallest absolute Gasteiger partial charge is 0.309 e. The van der Waals surface area contributed by atoms with E-state index in [1.165, 1.54) is 18.4 Å². The van der Waals surface area contributed by atoms with E-state index in [-0.39, 0.29) is 40.8 Å². The Hall–Kier alpha value is -3.00. The number of allylic oxidation sites excluding steroid dienone is 1. The first-order chi connectivity index (χ1) is 22.8. The zero-order chi connectivity index (χ0) is 35.4. The summed E-state index contributed by atoms with van der Waals surface area (Å²) in [6, 6.07) is 1.77. The van der Waals surface area contributed by atoms with Crippen molar-refractivity contribution in [2.45, 2.75) is 129 Å². The minimum atomic E-state index is -0.852. The van der Waals surface area contributed by atoms with Gasteiger partial charge >= 0.3 is 5.97 Å². The van der Waals surface area contributed by atoms with Crippen LogP contribution in [0.2, 0.25) is 0 Å². The van der Waals surface area contributed by atoms with Crippen LogP contribution < -0.4 is 0 Å². The average molecular weight is 668 g/mol. The lowest BCUT2D eigenvalue weighted by Gasteiger charge is -2.64.